The maximum absolute atomic E-state index is 11.6. The fraction of sp³-hybridized carbons (Fsp3) is 0.438. The molecule has 1 amide bonds. The van der Waals surface area contributed by atoms with E-state index in [0.29, 0.717) is 12.3 Å². The van der Waals surface area contributed by atoms with E-state index >= 15 is 0 Å². The average molecular weight is 272 g/mol. The van der Waals surface area contributed by atoms with Gasteiger partial charge in [0.2, 0.25) is 5.91 Å². The van der Waals surface area contributed by atoms with Crippen molar-refractivity contribution in [1.82, 2.24) is 9.88 Å². The third-order valence-electron chi connectivity index (χ3n) is 3.96. The molecule has 1 aliphatic carbocycles. The predicted octanol–water partition coefficient (Wildman–Crippen LogP) is 2.13. The summed E-state index contributed by atoms with van der Waals surface area (Å²) in [4.78, 5) is 11.6. The van der Waals surface area contributed by atoms with Crippen LogP contribution in [0.5, 0.6) is 0 Å². The van der Waals surface area contributed by atoms with Gasteiger partial charge in [-0.2, -0.15) is 0 Å². The van der Waals surface area contributed by atoms with Crippen LogP contribution < -0.4 is 5.32 Å². The minimum atomic E-state index is -0.650. The Balaban J connectivity index is 1.62. The number of nitrogens with zero attached hydrogens (tertiary/aromatic N) is 1. The minimum Gasteiger partial charge on any atom is -0.387 e. The van der Waals surface area contributed by atoms with Gasteiger partial charge in [-0.3, -0.25) is 4.79 Å². The van der Waals surface area contributed by atoms with E-state index in [9.17, 15) is 9.90 Å². The second-order valence-electron chi connectivity index (χ2n) is 5.71. The Bertz CT molecular complexity index is 628. The Kier molecular flexibility index (Phi) is 3.49. The molecule has 0 radical (unpaired) electrons. The van der Waals surface area contributed by atoms with E-state index in [1.54, 1.807) is 0 Å². The van der Waals surface area contributed by atoms with Crippen molar-refractivity contribution in [2.45, 2.75) is 25.4 Å². The van der Waals surface area contributed by atoms with Crippen LogP contribution in [0.1, 0.15) is 30.9 Å². The number of rotatable bonds is 5. The summed E-state index contributed by atoms with van der Waals surface area (Å²) >= 11 is 0. The number of carbonyl (C=O) groups excluding carboxylic acids is 1. The molecule has 0 bridgehead atoms. The highest BCUT2D eigenvalue weighted by Crippen LogP contribution is 2.32. The number of benzene rings is 1. The van der Waals surface area contributed by atoms with Gasteiger partial charge >= 0.3 is 0 Å². The zero-order valence-electron chi connectivity index (χ0n) is 11.7. The van der Waals surface area contributed by atoms with Gasteiger partial charge < -0.3 is 15.0 Å². The molecule has 0 saturated heterocycles. The van der Waals surface area contributed by atoms with Crippen molar-refractivity contribution >= 4 is 16.8 Å². The molecule has 106 valence electrons. The van der Waals surface area contributed by atoms with Crippen LogP contribution in [0.15, 0.2) is 30.5 Å². The molecule has 1 heterocycles. The summed E-state index contributed by atoms with van der Waals surface area (Å²) in [6.45, 7) is 0.282. The first kappa shape index (κ1) is 13.2. The lowest BCUT2D eigenvalue weighted by Crippen LogP contribution is -2.28. The molecular formula is C16H20N2O2. The van der Waals surface area contributed by atoms with Crippen LogP contribution >= 0.6 is 0 Å². The predicted molar refractivity (Wildman–Crippen MR) is 78.2 cm³/mol. The third-order valence-corrected chi connectivity index (χ3v) is 3.96. The number of aliphatic hydroxyl groups excluding tert-OH is 1. The van der Waals surface area contributed by atoms with Gasteiger partial charge in [0.25, 0.3) is 0 Å². The van der Waals surface area contributed by atoms with Crippen LogP contribution in [-0.4, -0.2) is 22.1 Å². The Labute approximate surface area is 118 Å². The summed E-state index contributed by atoms with van der Waals surface area (Å²) in [5.74, 6) is 0.625. The standard InChI is InChI=1S/C16H20N2O2/c1-18-7-6-12-9-13(4-5-14(12)18)15(19)10-17-16(20)8-11-2-3-11/h4-7,9,11,15,19H,2-3,8,10H2,1H3,(H,17,20). The van der Waals surface area contributed by atoms with Crippen molar-refractivity contribution in [2.75, 3.05) is 6.54 Å². The molecule has 1 aromatic carbocycles. The van der Waals surface area contributed by atoms with Crippen molar-refractivity contribution in [3.8, 4) is 0 Å². The number of hydrogen-bond donors (Lipinski definition) is 2. The molecule has 1 saturated carbocycles. The summed E-state index contributed by atoms with van der Waals surface area (Å²) in [5.41, 5.74) is 1.98. The monoisotopic (exact) mass is 272 g/mol. The van der Waals surface area contributed by atoms with Crippen LogP contribution in [0, 0.1) is 5.92 Å². The van der Waals surface area contributed by atoms with E-state index in [1.807, 2.05) is 42.1 Å². The first-order valence-corrected chi connectivity index (χ1v) is 7.13. The van der Waals surface area contributed by atoms with Crippen molar-refractivity contribution in [3.05, 3.63) is 36.0 Å². The molecule has 1 atom stereocenters. The van der Waals surface area contributed by atoms with Gasteiger partial charge in [0.1, 0.15) is 0 Å². The van der Waals surface area contributed by atoms with E-state index < -0.39 is 6.10 Å². The molecular weight excluding hydrogens is 252 g/mol. The second-order valence-corrected chi connectivity index (χ2v) is 5.71. The third kappa shape index (κ3) is 2.85. The summed E-state index contributed by atoms with van der Waals surface area (Å²) in [5, 5.41) is 14.1. The zero-order valence-corrected chi connectivity index (χ0v) is 11.7. The Morgan fingerprint density at radius 3 is 3.00 bits per heavy atom. The first-order chi connectivity index (χ1) is 9.63. The lowest BCUT2D eigenvalue weighted by Gasteiger charge is -2.12. The van der Waals surface area contributed by atoms with Gasteiger partial charge in [-0.1, -0.05) is 6.07 Å². The number of fused-ring (bicyclic) bond motifs is 1. The normalized spacial score (nSPS) is 16.3. The number of aryl methyl sites for hydroxylation is 1. The van der Waals surface area contributed by atoms with Gasteiger partial charge in [-0.05, 0) is 47.9 Å². The largest absolute Gasteiger partial charge is 0.387 e. The van der Waals surface area contributed by atoms with E-state index in [1.165, 1.54) is 12.8 Å². The average Bonchev–Trinajstić information content (AvgIpc) is 3.18. The van der Waals surface area contributed by atoms with Gasteiger partial charge in [0.15, 0.2) is 0 Å². The van der Waals surface area contributed by atoms with E-state index in [-0.39, 0.29) is 12.5 Å². The summed E-state index contributed by atoms with van der Waals surface area (Å²) in [7, 11) is 2.00. The fourth-order valence-electron chi connectivity index (χ4n) is 2.49. The highest BCUT2D eigenvalue weighted by molar-refractivity contribution is 5.81. The molecule has 20 heavy (non-hydrogen) atoms. The number of hydrogen-bond acceptors (Lipinski definition) is 2. The van der Waals surface area contributed by atoms with Gasteiger partial charge in [-0.25, -0.2) is 0 Å². The molecule has 2 N–H and O–H groups in total. The quantitative estimate of drug-likeness (QED) is 0.876. The lowest BCUT2D eigenvalue weighted by atomic mass is 10.1. The fourth-order valence-corrected chi connectivity index (χ4v) is 2.49. The molecule has 0 aliphatic heterocycles. The minimum absolute atomic E-state index is 0.0485. The van der Waals surface area contributed by atoms with Crippen LogP contribution in [0.25, 0.3) is 10.9 Å². The Morgan fingerprint density at radius 1 is 1.45 bits per heavy atom. The maximum Gasteiger partial charge on any atom is 0.220 e. The molecule has 0 spiro atoms. The number of amides is 1. The van der Waals surface area contributed by atoms with Crippen molar-refractivity contribution in [3.63, 3.8) is 0 Å². The molecule has 4 nitrogen and oxygen atoms in total. The highest BCUT2D eigenvalue weighted by atomic mass is 16.3. The lowest BCUT2D eigenvalue weighted by molar-refractivity contribution is -0.121. The molecule has 1 fully saturated rings. The number of carbonyl (C=O) groups is 1. The van der Waals surface area contributed by atoms with Gasteiger partial charge in [-0.15, -0.1) is 0 Å². The summed E-state index contributed by atoms with van der Waals surface area (Å²) in [6, 6.07) is 7.92. The van der Waals surface area contributed by atoms with E-state index in [0.717, 1.165) is 16.5 Å². The van der Waals surface area contributed by atoms with Crippen LogP contribution in [0.3, 0.4) is 0 Å². The molecule has 1 aromatic heterocycles. The summed E-state index contributed by atoms with van der Waals surface area (Å²) < 4.78 is 2.04. The van der Waals surface area contributed by atoms with Crippen LogP contribution in [0.2, 0.25) is 0 Å². The highest BCUT2D eigenvalue weighted by Gasteiger charge is 2.24. The van der Waals surface area contributed by atoms with Crippen molar-refractivity contribution < 1.29 is 9.90 Å². The molecule has 1 unspecified atom stereocenters. The number of nitrogens with one attached hydrogen (secondary N) is 1. The maximum atomic E-state index is 11.6. The van der Waals surface area contributed by atoms with E-state index in [2.05, 4.69) is 5.32 Å². The van der Waals surface area contributed by atoms with Crippen molar-refractivity contribution in [2.24, 2.45) is 13.0 Å². The Morgan fingerprint density at radius 2 is 2.25 bits per heavy atom. The Hall–Kier alpha value is -1.81. The van der Waals surface area contributed by atoms with Gasteiger partial charge in [0.05, 0.1) is 6.10 Å². The smallest absolute Gasteiger partial charge is 0.220 e. The first-order valence-electron chi connectivity index (χ1n) is 7.13. The molecule has 1 aliphatic rings. The van der Waals surface area contributed by atoms with Crippen LogP contribution in [0.4, 0.5) is 0 Å². The van der Waals surface area contributed by atoms with Crippen molar-refractivity contribution in [1.29, 1.82) is 0 Å². The SMILES string of the molecule is Cn1ccc2cc(C(O)CNC(=O)CC3CC3)ccc21. The second kappa shape index (κ2) is 5.29. The van der Waals surface area contributed by atoms with Gasteiger partial charge in [0, 0.05) is 31.7 Å². The number of aliphatic hydroxyl groups is 1. The van der Waals surface area contributed by atoms with Crippen LogP contribution in [-0.2, 0) is 11.8 Å². The molecule has 3 rings (SSSR count). The summed E-state index contributed by atoms with van der Waals surface area (Å²) in [6.07, 6.45) is 4.28. The molecule has 4 heteroatoms. The molecule has 2 aromatic rings. The zero-order chi connectivity index (χ0) is 14.1. The van der Waals surface area contributed by atoms with E-state index in [4.69, 9.17) is 0 Å². The number of aromatic nitrogens is 1. The topological polar surface area (TPSA) is 54.3 Å².